The van der Waals surface area contributed by atoms with Crippen LogP contribution in [0.5, 0.6) is 0 Å². The average molecular weight is 392 g/mol. The van der Waals surface area contributed by atoms with E-state index in [-0.39, 0.29) is 5.41 Å². The molecule has 1 N–H and O–H groups in total. The first-order valence-corrected chi connectivity index (χ1v) is 10.2. The van der Waals surface area contributed by atoms with Gasteiger partial charge in [-0.25, -0.2) is 9.59 Å². The van der Waals surface area contributed by atoms with Crippen LogP contribution in [0.2, 0.25) is 0 Å². The number of rotatable bonds is 5. The van der Waals surface area contributed by atoms with Crippen LogP contribution in [0.4, 0.5) is 10.5 Å². The van der Waals surface area contributed by atoms with Crippen LogP contribution in [-0.4, -0.2) is 12.1 Å². The SMILES string of the molecule is C=CCC1CCC(C)(C)c2ccc(NC(=O)OC(=O)c3ccccc3CC)cc21. The Morgan fingerprint density at radius 3 is 2.72 bits per heavy atom. The number of benzene rings is 2. The van der Waals surface area contributed by atoms with Crippen molar-refractivity contribution >= 4 is 17.7 Å². The number of allylic oxidation sites excluding steroid dienone is 1. The number of aryl methyl sites for hydroxylation is 1. The van der Waals surface area contributed by atoms with Gasteiger partial charge in [-0.15, -0.1) is 6.58 Å². The molecule has 0 aliphatic heterocycles. The van der Waals surface area contributed by atoms with Crippen molar-refractivity contribution in [1.29, 1.82) is 0 Å². The van der Waals surface area contributed by atoms with Crippen molar-refractivity contribution in [3.05, 3.63) is 77.4 Å². The molecule has 2 aromatic rings. The molecule has 1 amide bonds. The summed E-state index contributed by atoms with van der Waals surface area (Å²) in [5.41, 5.74) is 4.56. The zero-order valence-electron chi connectivity index (χ0n) is 17.5. The van der Waals surface area contributed by atoms with Crippen molar-refractivity contribution in [2.24, 2.45) is 0 Å². The Balaban J connectivity index is 1.76. The van der Waals surface area contributed by atoms with Gasteiger partial charge in [0.25, 0.3) is 0 Å². The summed E-state index contributed by atoms with van der Waals surface area (Å²) in [6.45, 7) is 10.3. The number of ether oxygens (including phenoxy) is 1. The lowest BCUT2D eigenvalue weighted by Crippen LogP contribution is -2.26. The molecular formula is C25H29NO3. The fourth-order valence-corrected chi connectivity index (χ4v) is 4.18. The zero-order chi connectivity index (χ0) is 21.0. The first-order valence-electron chi connectivity index (χ1n) is 10.2. The molecule has 3 rings (SSSR count). The lowest BCUT2D eigenvalue weighted by Gasteiger charge is -2.37. The average Bonchev–Trinajstić information content (AvgIpc) is 2.70. The quantitative estimate of drug-likeness (QED) is 0.366. The molecule has 0 aromatic heterocycles. The number of amides is 1. The van der Waals surface area contributed by atoms with E-state index in [4.69, 9.17) is 4.74 Å². The largest absolute Gasteiger partial charge is 0.419 e. The van der Waals surface area contributed by atoms with E-state index in [1.54, 1.807) is 12.1 Å². The molecule has 4 nitrogen and oxygen atoms in total. The second-order valence-corrected chi connectivity index (χ2v) is 8.26. The number of carbonyl (C=O) groups is 2. The van der Waals surface area contributed by atoms with Crippen molar-refractivity contribution < 1.29 is 14.3 Å². The van der Waals surface area contributed by atoms with E-state index in [2.05, 4.69) is 31.8 Å². The van der Waals surface area contributed by atoms with E-state index in [9.17, 15) is 9.59 Å². The van der Waals surface area contributed by atoms with Crippen LogP contribution >= 0.6 is 0 Å². The van der Waals surface area contributed by atoms with Crippen LogP contribution < -0.4 is 5.32 Å². The maximum atomic E-state index is 12.4. The summed E-state index contributed by atoms with van der Waals surface area (Å²) in [7, 11) is 0. The number of carbonyl (C=O) groups excluding carboxylic acids is 2. The van der Waals surface area contributed by atoms with Gasteiger partial charge in [0.05, 0.1) is 5.56 Å². The highest BCUT2D eigenvalue weighted by Gasteiger charge is 2.32. The van der Waals surface area contributed by atoms with Crippen LogP contribution in [0.3, 0.4) is 0 Å². The second-order valence-electron chi connectivity index (χ2n) is 8.26. The maximum absolute atomic E-state index is 12.4. The van der Waals surface area contributed by atoms with Gasteiger partial charge in [0.2, 0.25) is 0 Å². The first kappa shape index (κ1) is 20.8. The third-order valence-corrected chi connectivity index (χ3v) is 5.84. The predicted octanol–water partition coefficient (Wildman–Crippen LogP) is 6.37. The highest BCUT2D eigenvalue weighted by molar-refractivity contribution is 6.01. The minimum Gasteiger partial charge on any atom is -0.372 e. The first-order chi connectivity index (χ1) is 13.9. The molecule has 1 aliphatic carbocycles. The predicted molar refractivity (Wildman–Crippen MR) is 117 cm³/mol. The molecule has 0 radical (unpaired) electrons. The standard InChI is InChI=1S/C25H29NO3/c1-5-9-18-14-15-25(3,4)22-13-12-19(16-21(18)22)26-24(28)29-23(27)20-11-8-7-10-17(20)6-2/h5,7-8,10-13,16,18H,1,6,9,14-15H2,2-4H3,(H,26,28). The van der Waals surface area contributed by atoms with Gasteiger partial charge in [0.15, 0.2) is 0 Å². The monoisotopic (exact) mass is 391 g/mol. The number of esters is 1. The topological polar surface area (TPSA) is 55.4 Å². The summed E-state index contributed by atoms with van der Waals surface area (Å²) in [6, 6.07) is 13.1. The Morgan fingerprint density at radius 1 is 1.24 bits per heavy atom. The van der Waals surface area contributed by atoms with Crippen LogP contribution in [0.25, 0.3) is 0 Å². The molecule has 0 fully saturated rings. The molecule has 0 bridgehead atoms. The molecule has 0 saturated carbocycles. The lowest BCUT2D eigenvalue weighted by molar-refractivity contribution is 0.0644. The molecule has 4 heteroatoms. The fraction of sp³-hybridized carbons (Fsp3) is 0.360. The van der Waals surface area contributed by atoms with Gasteiger partial charge < -0.3 is 4.74 Å². The van der Waals surface area contributed by atoms with Gasteiger partial charge in [-0.05, 0) is 71.9 Å². The minimum atomic E-state index is -0.767. The number of anilines is 1. The van der Waals surface area contributed by atoms with Gasteiger partial charge in [0, 0.05) is 5.69 Å². The van der Waals surface area contributed by atoms with E-state index in [0.717, 1.165) is 24.8 Å². The number of hydrogen-bond acceptors (Lipinski definition) is 3. The van der Waals surface area contributed by atoms with Gasteiger partial charge in [-0.3, -0.25) is 5.32 Å². The summed E-state index contributed by atoms with van der Waals surface area (Å²) in [5.74, 6) is -0.241. The smallest absolute Gasteiger partial charge is 0.372 e. The fourth-order valence-electron chi connectivity index (χ4n) is 4.18. The van der Waals surface area contributed by atoms with E-state index >= 15 is 0 Å². The minimum absolute atomic E-state index is 0.103. The van der Waals surface area contributed by atoms with Gasteiger partial charge in [-0.2, -0.15) is 0 Å². The van der Waals surface area contributed by atoms with Crippen molar-refractivity contribution in [3.63, 3.8) is 0 Å². The van der Waals surface area contributed by atoms with Gasteiger partial charge in [-0.1, -0.05) is 51.1 Å². The van der Waals surface area contributed by atoms with E-state index < -0.39 is 12.1 Å². The molecule has 152 valence electrons. The molecule has 1 unspecified atom stereocenters. The van der Waals surface area contributed by atoms with Crippen molar-refractivity contribution in [3.8, 4) is 0 Å². The van der Waals surface area contributed by atoms with Crippen LogP contribution in [-0.2, 0) is 16.6 Å². The Labute approximate surface area is 173 Å². The summed E-state index contributed by atoms with van der Waals surface area (Å²) in [5, 5.41) is 2.71. The normalized spacial score (nSPS) is 17.1. The van der Waals surface area contributed by atoms with Crippen LogP contribution in [0, 0.1) is 0 Å². The highest BCUT2D eigenvalue weighted by Crippen LogP contribution is 2.44. The lowest BCUT2D eigenvalue weighted by atomic mass is 9.68. The summed E-state index contributed by atoms with van der Waals surface area (Å²) >= 11 is 0. The molecule has 1 atom stereocenters. The van der Waals surface area contributed by atoms with Crippen molar-refractivity contribution in [2.45, 2.75) is 57.8 Å². The van der Waals surface area contributed by atoms with Gasteiger partial charge >= 0.3 is 12.1 Å². The number of nitrogens with one attached hydrogen (secondary N) is 1. The summed E-state index contributed by atoms with van der Waals surface area (Å²) in [6.07, 6.45) is 4.99. The van der Waals surface area contributed by atoms with E-state index in [0.29, 0.717) is 23.6 Å². The van der Waals surface area contributed by atoms with Crippen LogP contribution in [0.15, 0.2) is 55.1 Å². The van der Waals surface area contributed by atoms with E-state index in [1.807, 2.05) is 37.3 Å². The third kappa shape index (κ3) is 4.58. The summed E-state index contributed by atoms with van der Waals surface area (Å²) < 4.78 is 5.04. The molecule has 0 heterocycles. The number of hydrogen-bond donors (Lipinski definition) is 1. The Hall–Kier alpha value is -2.88. The molecule has 0 spiro atoms. The Bertz CT molecular complexity index is 929. The Morgan fingerprint density at radius 2 is 2.00 bits per heavy atom. The molecule has 29 heavy (non-hydrogen) atoms. The zero-order valence-corrected chi connectivity index (χ0v) is 17.5. The van der Waals surface area contributed by atoms with Crippen molar-refractivity contribution in [1.82, 2.24) is 0 Å². The highest BCUT2D eigenvalue weighted by atomic mass is 16.6. The molecular weight excluding hydrogens is 362 g/mol. The number of fused-ring (bicyclic) bond motifs is 1. The molecule has 1 aliphatic rings. The molecule has 2 aromatic carbocycles. The maximum Gasteiger partial charge on any atom is 0.419 e. The van der Waals surface area contributed by atoms with E-state index in [1.165, 1.54) is 11.1 Å². The van der Waals surface area contributed by atoms with Crippen molar-refractivity contribution in [2.75, 3.05) is 5.32 Å². The Kier molecular flexibility index (Phi) is 6.21. The summed E-state index contributed by atoms with van der Waals surface area (Å²) in [4.78, 5) is 24.7. The molecule has 0 saturated heterocycles. The second kappa shape index (κ2) is 8.64. The van der Waals surface area contributed by atoms with Gasteiger partial charge in [0.1, 0.15) is 0 Å². The van der Waals surface area contributed by atoms with Crippen LogP contribution in [0.1, 0.15) is 73.0 Å². The third-order valence-electron chi connectivity index (χ3n) is 5.84.